The average molecular weight is 980 g/mol. The van der Waals surface area contributed by atoms with Crippen LogP contribution in [0.3, 0.4) is 0 Å². The summed E-state index contributed by atoms with van der Waals surface area (Å²) in [5.74, 6) is 0.227. The molecule has 3 aliphatic rings. The molecule has 5 atom stereocenters. The molecule has 6 aromatic rings. The molecular formula is C49H55ClN10O6S2. The molecule has 356 valence electrons. The van der Waals surface area contributed by atoms with Gasteiger partial charge in [0.1, 0.15) is 35.4 Å². The highest BCUT2D eigenvalue weighted by molar-refractivity contribution is 7.15. The number of aryl methyl sites for hydroxylation is 3. The van der Waals surface area contributed by atoms with Gasteiger partial charge in [0.15, 0.2) is 11.6 Å². The number of carbonyl (C=O) groups excluding carboxylic acids is 3. The van der Waals surface area contributed by atoms with Crippen molar-refractivity contribution in [3.63, 3.8) is 0 Å². The summed E-state index contributed by atoms with van der Waals surface area (Å²) >= 11 is 9.53. The van der Waals surface area contributed by atoms with E-state index in [1.807, 2.05) is 86.3 Å². The number of hydrogen-bond acceptors (Lipinski definition) is 14. The van der Waals surface area contributed by atoms with Crippen molar-refractivity contribution in [1.82, 2.24) is 45.3 Å². The number of hydrogen-bond donors (Lipinski definition) is 3. The highest BCUT2D eigenvalue weighted by atomic mass is 35.5. The van der Waals surface area contributed by atoms with Crippen LogP contribution in [0.15, 0.2) is 69.6 Å². The number of β-amino-alcohol motifs (C(OH)–C–C–N with tert-alkyl or cyclic N) is 1. The number of aliphatic hydroxyl groups excluding tert-OH is 1. The highest BCUT2D eigenvalue weighted by Crippen LogP contribution is 2.40. The van der Waals surface area contributed by atoms with Gasteiger partial charge in [-0.1, -0.05) is 61.8 Å². The fourth-order valence-corrected chi connectivity index (χ4v) is 11.5. The van der Waals surface area contributed by atoms with E-state index in [4.69, 9.17) is 25.9 Å². The molecule has 0 aliphatic carbocycles. The van der Waals surface area contributed by atoms with Crippen molar-refractivity contribution in [2.24, 2.45) is 10.9 Å². The first-order chi connectivity index (χ1) is 32.7. The van der Waals surface area contributed by atoms with Gasteiger partial charge in [-0.05, 0) is 74.0 Å². The fourth-order valence-electron chi connectivity index (χ4n) is 9.39. The van der Waals surface area contributed by atoms with Crippen LogP contribution in [0.5, 0.6) is 5.88 Å². The zero-order valence-electron chi connectivity index (χ0n) is 38.9. The molecule has 2 fully saturated rings. The molecule has 2 unspecified atom stereocenters. The summed E-state index contributed by atoms with van der Waals surface area (Å²) in [6.45, 7) is 14.5. The third kappa shape index (κ3) is 9.87. The lowest BCUT2D eigenvalue weighted by Crippen LogP contribution is -2.48. The quantitative estimate of drug-likeness (QED) is 0.0970. The molecule has 0 bridgehead atoms. The smallest absolute Gasteiger partial charge is 0.254 e. The van der Waals surface area contributed by atoms with E-state index in [-0.39, 0.29) is 61.5 Å². The van der Waals surface area contributed by atoms with Crippen LogP contribution in [0.2, 0.25) is 5.02 Å². The highest BCUT2D eigenvalue weighted by Gasteiger charge is 2.43. The second kappa shape index (κ2) is 20.0. The third-order valence-corrected chi connectivity index (χ3v) is 15.5. The van der Waals surface area contributed by atoms with Gasteiger partial charge in [0.05, 0.1) is 34.3 Å². The molecular weight excluding hydrogens is 924 g/mol. The Morgan fingerprint density at radius 2 is 1.78 bits per heavy atom. The summed E-state index contributed by atoms with van der Waals surface area (Å²) in [5.41, 5.74) is 8.63. The fraction of sp³-hybridized carbons (Fsp3) is 0.429. The SMILES string of the molecule is Cc1ncsc1-c1ccc(CNC(=O)C2CC(O)CN2C(=O)[C@H](c2cc(OCCN3CC[C@@H](NC(=O)C[C@@H]4N=C(c5ccc(Cl)cc5)c5c(sc(C)c5C)-n5c(C)nnc54)C3)no2)C(C)C)cc1. The number of nitrogens with one attached hydrogen (secondary N) is 2. The normalized spacial score (nSPS) is 19.7. The van der Waals surface area contributed by atoms with Crippen LogP contribution in [-0.4, -0.2) is 114 Å². The summed E-state index contributed by atoms with van der Waals surface area (Å²) in [6, 6.07) is 15.8. The first kappa shape index (κ1) is 47.3. The van der Waals surface area contributed by atoms with E-state index in [0.29, 0.717) is 36.3 Å². The molecule has 7 heterocycles. The molecule has 0 spiro atoms. The second-order valence-corrected chi connectivity index (χ2v) is 20.7. The van der Waals surface area contributed by atoms with Crippen molar-refractivity contribution in [1.29, 1.82) is 0 Å². The number of thiophene rings is 1. The minimum absolute atomic E-state index is 0.0375. The summed E-state index contributed by atoms with van der Waals surface area (Å²) in [6.07, 6.45) is 0.181. The summed E-state index contributed by atoms with van der Waals surface area (Å²) < 4.78 is 13.8. The van der Waals surface area contributed by atoms with Gasteiger partial charge >= 0.3 is 0 Å². The van der Waals surface area contributed by atoms with Crippen molar-refractivity contribution >= 4 is 57.7 Å². The van der Waals surface area contributed by atoms with Gasteiger partial charge in [-0.25, -0.2) is 4.98 Å². The van der Waals surface area contributed by atoms with Crippen LogP contribution >= 0.6 is 34.3 Å². The lowest BCUT2D eigenvalue weighted by Gasteiger charge is -2.28. The van der Waals surface area contributed by atoms with Crippen LogP contribution < -0.4 is 15.4 Å². The number of fused-ring (bicyclic) bond motifs is 3. The van der Waals surface area contributed by atoms with E-state index in [1.165, 1.54) is 9.78 Å². The van der Waals surface area contributed by atoms with E-state index >= 15 is 0 Å². The maximum Gasteiger partial charge on any atom is 0.254 e. The lowest BCUT2D eigenvalue weighted by atomic mass is 9.91. The van der Waals surface area contributed by atoms with Gasteiger partial charge in [0.2, 0.25) is 17.7 Å². The van der Waals surface area contributed by atoms with Crippen LogP contribution in [0, 0.1) is 33.6 Å². The van der Waals surface area contributed by atoms with Crippen molar-refractivity contribution in [2.45, 2.75) is 97.5 Å². The lowest BCUT2D eigenvalue weighted by molar-refractivity contribution is -0.141. The first-order valence-electron chi connectivity index (χ1n) is 23.0. The van der Waals surface area contributed by atoms with Crippen molar-refractivity contribution in [3.05, 3.63) is 115 Å². The Balaban J connectivity index is 0.776. The molecule has 9 rings (SSSR count). The van der Waals surface area contributed by atoms with E-state index < -0.39 is 24.1 Å². The predicted molar refractivity (Wildman–Crippen MR) is 261 cm³/mol. The number of ether oxygens (including phenoxy) is 1. The Hall–Kier alpha value is -5.79. The van der Waals surface area contributed by atoms with Crippen molar-refractivity contribution in [2.75, 3.05) is 32.8 Å². The maximum atomic E-state index is 14.2. The third-order valence-electron chi connectivity index (χ3n) is 13.1. The Morgan fingerprint density at radius 1 is 1.01 bits per heavy atom. The topological polar surface area (TPSA) is 193 Å². The number of aliphatic imine (C=N–C) groups is 1. The van der Waals surface area contributed by atoms with Crippen LogP contribution in [0.1, 0.15) is 95.3 Å². The monoisotopic (exact) mass is 978 g/mol. The number of aliphatic hydroxyl groups is 1. The molecule has 0 saturated carbocycles. The van der Waals surface area contributed by atoms with E-state index in [9.17, 15) is 19.5 Å². The molecule has 2 saturated heterocycles. The number of rotatable bonds is 15. The minimum atomic E-state index is -0.836. The van der Waals surface area contributed by atoms with E-state index in [2.05, 4.69) is 49.7 Å². The van der Waals surface area contributed by atoms with Gasteiger partial charge in [-0.3, -0.25) is 28.8 Å². The van der Waals surface area contributed by atoms with Crippen molar-refractivity contribution in [3.8, 4) is 21.3 Å². The van der Waals surface area contributed by atoms with Gasteiger partial charge in [0, 0.05) is 72.3 Å². The average Bonchev–Trinajstić information content (AvgIpc) is 4.19. The van der Waals surface area contributed by atoms with Gasteiger partial charge < -0.3 is 29.9 Å². The number of carbonyl (C=O) groups is 3. The zero-order chi connectivity index (χ0) is 47.8. The van der Waals surface area contributed by atoms with Crippen LogP contribution in [0.25, 0.3) is 15.4 Å². The Bertz CT molecular complexity index is 2830. The largest absolute Gasteiger partial charge is 0.474 e. The number of halogens is 1. The van der Waals surface area contributed by atoms with E-state index in [0.717, 1.165) is 67.9 Å². The predicted octanol–water partition coefficient (Wildman–Crippen LogP) is 6.90. The number of nitrogens with zero attached hydrogens (tertiary/aromatic N) is 8. The molecule has 68 heavy (non-hydrogen) atoms. The number of thiazole rings is 1. The van der Waals surface area contributed by atoms with Gasteiger partial charge in [-0.2, -0.15) is 0 Å². The molecule has 2 aromatic carbocycles. The van der Waals surface area contributed by atoms with Gasteiger partial charge in [-0.15, -0.1) is 32.9 Å². The number of likely N-dealkylation sites (tertiary alicyclic amines) is 2. The zero-order valence-corrected chi connectivity index (χ0v) is 41.3. The second-order valence-electron chi connectivity index (χ2n) is 18.2. The van der Waals surface area contributed by atoms with Crippen molar-refractivity contribution < 1.29 is 28.8 Å². The Labute approximate surface area is 407 Å². The standard InChI is InChI=1S/C49H55ClN10O6S2/c1-26(2)42(48(64)59-24-36(61)19-38(59)47(63)51-22-31-7-9-33(10-8-31)45-28(4)52-25-67-45)39-21-41(57-66-39)65-18-17-58-16-15-35(23-58)53-40(62)20-37-46-56-55-30(6)60(46)49-43(27(3)29(5)68-49)44(54-37)32-11-13-34(50)14-12-32/h7-14,21,25-26,35-38,42,61H,15-20,22-24H2,1-6H3,(H,51,63)(H,53,62)/t35-,36?,37+,38?,42+/m1/s1. The van der Waals surface area contributed by atoms with Gasteiger partial charge in [0.25, 0.3) is 5.88 Å². The number of aromatic nitrogens is 5. The van der Waals surface area contributed by atoms with Crippen LogP contribution in [-0.2, 0) is 20.9 Å². The first-order valence-corrected chi connectivity index (χ1v) is 25.0. The number of benzene rings is 2. The van der Waals surface area contributed by atoms with Crippen LogP contribution in [0.4, 0.5) is 0 Å². The molecule has 0 radical (unpaired) electrons. The molecule has 16 nitrogen and oxygen atoms in total. The molecule has 3 aliphatic heterocycles. The molecule has 19 heteroatoms. The molecule has 3 N–H and O–H groups in total. The minimum Gasteiger partial charge on any atom is -0.474 e. The Kier molecular flexibility index (Phi) is 13.9. The maximum absolute atomic E-state index is 14.2. The summed E-state index contributed by atoms with van der Waals surface area (Å²) in [4.78, 5) is 57.0. The molecule has 3 amide bonds. The number of amides is 3. The Morgan fingerprint density at radius 3 is 2.51 bits per heavy atom. The van der Waals surface area contributed by atoms with E-state index in [1.54, 1.807) is 28.7 Å². The molecule has 4 aromatic heterocycles. The summed E-state index contributed by atoms with van der Waals surface area (Å²) in [7, 11) is 0. The summed E-state index contributed by atoms with van der Waals surface area (Å²) in [5, 5.41) is 31.6.